The van der Waals surface area contributed by atoms with Crippen molar-refractivity contribution in [1.82, 2.24) is 31.5 Å². The fourth-order valence-corrected chi connectivity index (χ4v) is 7.76. The summed E-state index contributed by atoms with van der Waals surface area (Å²) in [6.45, 7) is 9.16. The molecule has 1 aromatic rings. The maximum absolute atomic E-state index is 14.2. The summed E-state index contributed by atoms with van der Waals surface area (Å²) in [5, 5.41) is 35.0. The summed E-state index contributed by atoms with van der Waals surface area (Å²) in [5.74, 6) is -6.22. The molecule has 0 saturated carbocycles. The van der Waals surface area contributed by atoms with Crippen molar-refractivity contribution in [1.29, 1.82) is 0 Å². The number of aliphatic hydroxyl groups is 2. The first kappa shape index (κ1) is 48.7. The van der Waals surface area contributed by atoms with Gasteiger partial charge in [-0.2, -0.15) is 11.8 Å². The molecule has 0 unspecified atom stereocenters. The smallest absolute Gasteiger partial charge is 0.254 e. The number of rotatable bonds is 22. The lowest BCUT2D eigenvalue weighted by Crippen LogP contribution is -2.63. The van der Waals surface area contributed by atoms with E-state index in [2.05, 4.69) is 26.6 Å². The summed E-state index contributed by atoms with van der Waals surface area (Å²) in [4.78, 5) is 105. The van der Waals surface area contributed by atoms with E-state index in [1.165, 1.54) is 37.4 Å². The van der Waals surface area contributed by atoms with Crippen LogP contribution in [0, 0.1) is 5.92 Å². The van der Waals surface area contributed by atoms with Crippen LogP contribution in [0.4, 0.5) is 0 Å². The standard InChI is InChI=1S/C37H58N8O10S2/c1-19(2)27(43-32(51)24(40-21(4)47)13-14-26(38)48)33(52)42-25(17-22-11-9-8-10-12-22)29(49)36(55)45-18-57-37(5,6)30(45)35(54)44-28(20(3)46)34(53)41-23(31(39)50)15-16-56-7/h8-12,19-20,23-25,27-30,46,49H,13-18H2,1-7H3,(H2,38,48)(H2,39,50)(H,40,47)(H,41,53)(H,42,52)(H,43,51)(H,44,54)/t20-,23+,24+,25+,27+,28+,29+,30-/m1/s1. The molecule has 18 nitrogen and oxygen atoms in total. The third-order valence-corrected chi connectivity index (χ3v) is 11.3. The van der Waals surface area contributed by atoms with Gasteiger partial charge in [-0.25, -0.2) is 0 Å². The minimum absolute atomic E-state index is 0.0472. The van der Waals surface area contributed by atoms with Gasteiger partial charge in [-0.05, 0) is 63.5 Å². The molecule has 0 radical (unpaired) electrons. The summed E-state index contributed by atoms with van der Waals surface area (Å²) in [6, 6.07) is 1.13. The molecule has 8 amide bonds. The van der Waals surface area contributed by atoms with E-state index in [1.807, 2.05) is 6.26 Å². The predicted molar refractivity (Wildman–Crippen MR) is 216 cm³/mol. The van der Waals surface area contributed by atoms with Gasteiger partial charge in [0.1, 0.15) is 30.2 Å². The van der Waals surface area contributed by atoms with Gasteiger partial charge in [0.25, 0.3) is 5.91 Å². The number of nitrogens with one attached hydrogen (secondary N) is 5. The summed E-state index contributed by atoms with van der Waals surface area (Å²) in [6.07, 6.45) is -1.70. The highest BCUT2D eigenvalue weighted by Crippen LogP contribution is 2.40. The Bertz CT molecular complexity index is 1600. The number of benzene rings is 1. The number of hydrogen-bond acceptors (Lipinski definition) is 12. The van der Waals surface area contributed by atoms with E-state index in [0.717, 1.165) is 4.90 Å². The highest BCUT2D eigenvalue weighted by atomic mass is 32.2. The van der Waals surface area contributed by atoms with Crippen LogP contribution in [0.15, 0.2) is 30.3 Å². The van der Waals surface area contributed by atoms with E-state index in [0.29, 0.717) is 11.3 Å². The highest BCUT2D eigenvalue weighted by Gasteiger charge is 2.51. The fraction of sp³-hybridized carbons (Fsp3) is 0.622. The lowest BCUT2D eigenvalue weighted by Gasteiger charge is -2.35. The molecular formula is C37H58N8O10S2. The first-order chi connectivity index (χ1) is 26.6. The van der Waals surface area contributed by atoms with Crippen LogP contribution in [0.5, 0.6) is 0 Å². The van der Waals surface area contributed by atoms with Crippen LogP contribution < -0.4 is 38.1 Å². The number of nitrogens with zero attached hydrogens (tertiary/aromatic N) is 1. The molecule has 318 valence electrons. The number of thioether (sulfide) groups is 2. The fourth-order valence-electron chi connectivity index (χ4n) is 6.15. The summed E-state index contributed by atoms with van der Waals surface area (Å²) in [7, 11) is 0. The number of amides is 8. The Morgan fingerprint density at radius 1 is 0.860 bits per heavy atom. The van der Waals surface area contributed by atoms with Crippen LogP contribution in [0.3, 0.4) is 0 Å². The Morgan fingerprint density at radius 2 is 1.47 bits per heavy atom. The lowest BCUT2D eigenvalue weighted by molar-refractivity contribution is -0.148. The van der Waals surface area contributed by atoms with Crippen LogP contribution in [0.25, 0.3) is 0 Å². The minimum Gasteiger partial charge on any atom is -0.391 e. The van der Waals surface area contributed by atoms with E-state index >= 15 is 0 Å². The van der Waals surface area contributed by atoms with Gasteiger partial charge in [-0.1, -0.05) is 44.2 Å². The van der Waals surface area contributed by atoms with E-state index < -0.39 is 106 Å². The van der Waals surface area contributed by atoms with Crippen molar-refractivity contribution in [3.63, 3.8) is 0 Å². The molecular weight excluding hydrogens is 781 g/mol. The van der Waals surface area contributed by atoms with Gasteiger partial charge in [0.2, 0.25) is 41.4 Å². The third kappa shape index (κ3) is 14.8. The predicted octanol–water partition coefficient (Wildman–Crippen LogP) is -1.75. The first-order valence-corrected chi connectivity index (χ1v) is 20.9. The van der Waals surface area contributed by atoms with Gasteiger partial charge < -0.3 is 53.2 Å². The molecule has 1 heterocycles. The number of carbonyl (C=O) groups excluding carboxylic acids is 8. The Balaban J connectivity index is 2.40. The molecule has 1 fully saturated rings. The number of nitrogens with two attached hydrogens (primary N) is 2. The Hall–Kier alpha value is -4.40. The Labute approximate surface area is 341 Å². The van der Waals surface area contributed by atoms with Crippen LogP contribution >= 0.6 is 23.5 Å². The maximum Gasteiger partial charge on any atom is 0.254 e. The largest absolute Gasteiger partial charge is 0.391 e. The van der Waals surface area contributed by atoms with Crippen molar-refractivity contribution in [3.05, 3.63) is 35.9 Å². The second-order valence-corrected chi connectivity index (χ2v) is 17.4. The third-order valence-electron chi connectivity index (χ3n) is 9.29. The quantitative estimate of drug-likeness (QED) is 0.0629. The number of aliphatic hydroxyl groups excluding tert-OH is 2. The molecule has 0 aromatic heterocycles. The molecule has 2 rings (SSSR count). The molecule has 0 bridgehead atoms. The zero-order valence-electron chi connectivity index (χ0n) is 33.4. The first-order valence-electron chi connectivity index (χ1n) is 18.5. The average molecular weight is 839 g/mol. The van der Waals surface area contributed by atoms with Gasteiger partial charge in [0.15, 0.2) is 6.10 Å². The molecule has 20 heteroatoms. The zero-order chi connectivity index (χ0) is 43.2. The van der Waals surface area contributed by atoms with E-state index in [9.17, 15) is 48.6 Å². The SMILES string of the molecule is CSCC[C@H](NC(=O)[C@@H](NC(=O)[C@H]1N(C(=O)[C@@H](O)[C@H](Cc2ccccc2)NC(=O)[C@@H](NC(=O)[C@H](CCC(N)=O)NC(C)=O)C(C)C)CSC1(C)C)[C@@H](C)O)C(N)=O. The average Bonchev–Trinajstić information content (AvgIpc) is 3.45. The second kappa shape index (κ2) is 22.5. The number of primary amides is 2. The van der Waals surface area contributed by atoms with Crippen molar-refractivity contribution in [2.75, 3.05) is 17.9 Å². The van der Waals surface area contributed by atoms with Crippen LogP contribution in [-0.4, -0.2) is 133 Å². The van der Waals surface area contributed by atoms with Gasteiger partial charge >= 0.3 is 0 Å². The summed E-state index contributed by atoms with van der Waals surface area (Å²) >= 11 is 2.66. The van der Waals surface area contributed by atoms with Crippen LogP contribution in [0.2, 0.25) is 0 Å². The summed E-state index contributed by atoms with van der Waals surface area (Å²) < 4.78 is -0.961. The van der Waals surface area contributed by atoms with Gasteiger partial charge in [-0.15, -0.1) is 11.8 Å². The normalized spacial score (nSPS) is 18.5. The molecule has 1 aliphatic rings. The topological polar surface area (TPSA) is 292 Å². The van der Waals surface area contributed by atoms with Crippen molar-refractivity contribution in [2.24, 2.45) is 17.4 Å². The van der Waals surface area contributed by atoms with Gasteiger partial charge in [0, 0.05) is 18.1 Å². The lowest BCUT2D eigenvalue weighted by atomic mass is 9.95. The Morgan fingerprint density at radius 3 is 2.00 bits per heavy atom. The molecule has 8 atom stereocenters. The monoisotopic (exact) mass is 838 g/mol. The van der Waals surface area contributed by atoms with Crippen molar-refractivity contribution in [2.45, 2.75) is 120 Å². The molecule has 1 aromatic carbocycles. The van der Waals surface area contributed by atoms with Gasteiger partial charge in [0.05, 0.1) is 18.0 Å². The van der Waals surface area contributed by atoms with Crippen molar-refractivity contribution >= 4 is 70.8 Å². The van der Waals surface area contributed by atoms with E-state index in [-0.39, 0.29) is 31.6 Å². The van der Waals surface area contributed by atoms with E-state index in [1.54, 1.807) is 58.0 Å². The van der Waals surface area contributed by atoms with Gasteiger partial charge in [-0.3, -0.25) is 38.4 Å². The number of carbonyl (C=O) groups is 8. The zero-order valence-corrected chi connectivity index (χ0v) is 35.0. The molecule has 57 heavy (non-hydrogen) atoms. The molecule has 1 aliphatic heterocycles. The molecule has 1 saturated heterocycles. The van der Waals surface area contributed by atoms with E-state index in [4.69, 9.17) is 11.5 Å². The van der Waals surface area contributed by atoms with Crippen LogP contribution in [-0.2, 0) is 44.8 Å². The molecule has 0 aliphatic carbocycles. The van der Waals surface area contributed by atoms with Crippen molar-refractivity contribution < 1.29 is 48.6 Å². The maximum atomic E-state index is 14.2. The molecule has 0 spiro atoms. The summed E-state index contributed by atoms with van der Waals surface area (Å²) in [5.41, 5.74) is 11.3. The number of hydrogen-bond donors (Lipinski definition) is 9. The molecule has 11 N–H and O–H groups in total. The van der Waals surface area contributed by atoms with Crippen molar-refractivity contribution in [3.8, 4) is 0 Å². The highest BCUT2D eigenvalue weighted by molar-refractivity contribution is 8.00. The Kier molecular flexibility index (Phi) is 19.3. The second-order valence-electron chi connectivity index (χ2n) is 14.8. The van der Waals surface area contributed by atoms with Crippen LogP contribution in [0.1, 0.15) is 66.4 Å². The minimum atomic E-state index is -1.92.